The number of primary amides is 1. The molecule has 48 valence electrons. The fourth-order valence-electron chi connectivity index (χ4n) is 0.291. The summed E-state index contributed by atoms with van der Waals surface area (Å²) in [5.41, 5.74) is 4.77. The van der Waals surface area contributed by atoms with Gasteiger partial charge in [0.25, 0.3) is 0 Å². The molecule has 4 nitrogen and oxygen atoms in total. The van der Waals surface area contributed by atoms with E-state index in [1.165, 1.54) is 0 Å². The van der Waals surface area contributed by atoms with Crippen LogP contribution in [0.5, 0.6) is 0 Å². The maximum absolute atomic E-state index is 9.97. The lowest BCUT2D eigenvalue weighted by Gasteiger charge is -1.94. The van der Waals surface area contributed by atoms with Gasteiger partial charge in [-0.15, -0.1) is 0 Å². The fourth-order valence-corrected chi connectivity index (χ4v) is 0.291. The molecule has 0 spiro atoms. The Kier molecular flexibility index (Phi) is 4.20. The maximum atomic E-state index is 9.97. The van der Waals surface area contributed by atoms with E-state index in [-0.39, 0.29) is 19.1 Å². The molecule has 0 atom stereocenters. The summed E-state index contributed by atoms with van der Waals surface area (Å²) >= 11 is 0. The molecule has 0 aromatic heterocycles. The largest absolute Gasteiger partial charge is 0.381 e. The van der Waals surface area contributed by atoms with Crippen molar-refractivity contribution < 1.29 is 9.90 Å². The molecule has 0 unspecified atom stereocenters. The van der Waals surface area contributed by atoms with Crippen LogP contribution >= 0.6 is 0 Å². The number of carbonyl (C=O) groups is 1. The van der Waals surface area contributed by atoms with Crippen molar-refractivity contribution in [2.75, 3.05) is 13.3 Å². The number of rotatable bonds is 4. The highest BCUT2D eigenvalue weighted by atomic mass is 16.3. The maximum Gasteiger partial charge on any atom is 0.218 e. The highest BCUT2D eigenvalue weighted by Crippen LogP contribution is 1.68. The van der Waals surface area contributed by atoms with E-state index in [4.69, 9.17) is 10.8 Å². The van der Waals surface area contributed by atoms with E-state index in [0.717, 1.165) is 0 Å². The van der Waals surface area contributed by atoms with E-state index in [9.17, 15) is 4.79 Å². The van der Waals surface area contributed by atoms with Gasteiger partial charge in [-0.3, -0.25) is 10.1 Å². The second-order valence-corrected chi connectivity index (χ2v) is 1.37. The summed E-state index contributed by atoms with van der Waals surface area (Å²) in [5, 5.41) is 10.7. The summed E-state index contributed by atoms with van der Waals surface area (Å²) in [6, 6.07) is 0. The van der Waals surface area contributed by atoms with Crippen LogP contribution in [-0.4, -0.2) is 24.3 Å². The van der Waals surface area contributed by atoms with Crippen LogP contribution in [0.25, 0.3) is 0 Å². The Morgan fingerprint density at radius 1 is 1.75 bits per heavy atom. The average molecular weight is 118 g/mol. The van der Waals surface area contributed by atoms with Crippen LogP contribution in [0.4, 0.5) is 0 Å². The lowest BCUT2D eigenvalue weighted by atomic mass is 10.4. The normalized spacial score (nSPS) is 9.12. The first-order valence-corrected chi connectivity index (χ1v) is 2.37. The molecule has 0 aliphatic heterocycles. The zero-order valence-corrected chi connectivity index (χ0v) is 4.55. The highest BCUT2D eigenvalue weighted by Gasteiger charge is 1.89. The number of hydrogen-bond acceptors (Lipinski definition) is 3. The topological polar surface area (TPSA) is 75.4 Å². The molecule has 0 aliphatic rings. The predicted octanol–water partition coefficient (Wildman–Crippen LogP) is -1.60. The second-order valence-electron chi connectivity index (χ2n) is 1.37. The summed E-state index contributed by atoms with van der Waals surface area (Å²) in [5.74, 6) is -0.356. The monoisotopic (exact) mass is 118 g/mol. The molecular weight excluding hydrogens is 108 g/mol. The lowest BCUT2D eigenvalue weighted by molar-refractivity contribution is -0.117. The molecule has 0 aromatic rings. The highest BCUT2D eigenvalue weighted by molar-refractivity contribution is 5.73. The molecule has 4 N–H and O–H groups in total. The van der Waals surface area contributed by atoms with E-state index in [1.54, 1.807) is 0 Å². The van der Waals surface area contributed by atoms with E-state index in [1.807, 2.05) is 0 Å². The number of aliphatic hydroxyl groups excluding tert-OH is 1. The SMILES string of the molecule is NC(=O)CCNCO. The van der Waals surface area contributed by atoms with Crippen LogP contribution in [0.1, 0.15) is 6.42 Å². The third kappa shape index (κ3) is 5.39. The van der Waals surface area contributed by atoms with Crippen molar-refractivity contribution >= 4 is 5.91 Å². The van der Waals surface area contributed by atoms with Crippen molar-refractivity contribution in [3.63, 3.8) is 0 Å². The lowest BCUT2D eigenvalue weighted by Crippen LogP contribution is -2.22. The minimum Gasteiger partial charge on any atom is -0.381 e. The van der Waals surface area contributed by atoms with Crippen molar-refractivity contribution in [2.24, 2.45) is 5.73 Å². The van der Waals surface area contributed by atoms with Gasteiger partial charge >= 0.3 is 0 Å². The zero-order chi connectivity index (χ0) is 6.41. The molecule has 0 aliphatic carbocycles. The van der Waals surface area contributed by atoms with Gasteiger partial charge in [-0.05, 0) is 0 Å². The minimum absolute atomic E-state index is 0.104. The number of nitrogens with two attached hydrogens (primary N) is 1. The third-order valence-corrected chi connectivity index (χ3v) is 0.660. The van der Waals surface area contributed by atoms with E-state index >= 15 is 0 Å². The summed E-state index contributed by atoms with van der Waals surface area (Å²) in [4.78, 5) is 9.97. The third-order valence-electron chi connectivity index (χ3n) is 0.660. The van der Waals surface area contributed by atoms with Gasteiger partial charge < -0.3 is 10.8 Å². The number of amides is 1. The summed E-state index contributed by atoms with van der Waals surface area (Å²) < 4.78 is 0. The molecule has 8 heavy (non-hydrogen) atoms. The standard InChI is InChI=1S/C4H10N2O2/c5-4(8)1-2-6-3-7/h6-7H,1-3H2,(H2,5,8). The molecule has 0 aromatic carbocycles. The zero-order valence-electron chi connectivity index (χ0n) is 4.55. The second kappa shape index (κ2) is 4.55. The molecule has 4 heteroatoms. The van der Waals surface area contributed by atoms with Crippen LogP contribution in [0, 0.1) is 0 Å². The molecule has 0 rings (SSSR count). The Morgan fingerprint density at radius 2 is 2.38 bits per heavy atom. The van der Waals surface area contributed by atoms with Crippen LogP contribution in [0.15, 0.2) is 0 Å². The number of nitrogens with one attached hydrogen (secondary N) is 1. The van der Waals surface area contributed by atoms with Gasteiger partial charge in [-0.1, -0.05) is 0 Å². The van der Waals surface area contributed by atoms with Crippen molar-refractivity contribution in [1.29, 1.82) is 0 Å². The molecule has 0 heterocycles. The molecule has 0 saturated heterocycles. The van der Waals surface area contributed by atoms with Gasteiger partial charge in [0, 0.05) is 13.0 Å². The number of carbonyl (C=O) groups excluding carboxylic acids is 1. The Labute approximate surface area is 47.7 Å². The van der Waals surface area contributed by atoms with Crippen molar-refractivity contribution in [3.05, 3.63) is 0 Å². The molecule has 0 saturated carbocycles. The first kappa shape index (κ1) is 7.39. The molecule has 1 amide bonds. The Hall–Kier alpha value is -0.610. The van der Waals surface area contributed by atoms with Gasteiger partial charge in [0.2, 0.25) is 5.91 Å². The summed E-state index contributed by atoms with van der Waals surface area (Å²) in [6.45, 7) is 0.346. The number of aliphatic hydroxyl groups is 1. The van der Waals surface area contributed by atoms with Gasteiger partial charge in [0.05, 0.1) is 6.73 Å². The predicted molar refractivity (Wildman–Crippen MR) is 28.9 cm³/mol. The number of hydrogen-bond donors (Lipinski definition) is 3. The summed E-state index contributed by atoms with van der Waals surface area (Å²) in [7, 11) is 0. The van der Waals surface area contributed by atoms with E-state index < -0.39 is 0 Å². The fraction of sp³-hybridized carbons (Fsp3) is 0.750. The first-order chi connectivity index (χ1) is 3.77. The first-order valence-electron chi connectivity index (χ1n) is 2.37. The molecule has 0 radical (unpaired) electrons. The van der Waals surface area contributed by atoms with Crippen LogP contribution in [-0.2, 0) is 4.79 Å². The molecule has 0 bridgehead atoms. The Morgan fingerprint density at radius 3 is 2.75 bits per heavy atom. The Bertz CT molecular complexity index is 74.4. The van der Waals surface area contributed by atoms with Gasteiger partial charge in [-0.25, -0.2) is 0 Å². The Balaban J connectivity index is 2.82. The van der Waals surface area contributed by atoms with Gasteiger partial charge in [0.1, 0.15) is 0 Å². The van der Waals surface area contributed by atoms with Gasteiger partial charge in [0.15, 0.2) is 0 Å². The van der Waals surface area contributed by atoms with Gasteiger partial charge in [-0.2, -0.15) is 0 Å². The van der Waals surface area contributed by atoms with Crippen LogP contribution < -0.4 is 11.1 Å². The average Bonchev–Trinajstić information content (AvgIpc) is 1.66. The molecule has 0 fully saturated rings. The molecular formula is C4H10N2O2. The van der Waals surface area contributed by atoms with Crippen molar-refractivity contribution in [2.45, 2.75) is 6.42 Å². The minimum atomic E-state index is -0.356. The van der Waals surface area contributed by atoms with Crippen LogP contribution in [0.3, 0.4) is 0 Å². The van der Waals surface area contributed by atoms with E-state index in [2.05, 4.69) is 5.32 Å². The van der Waals surface area contributed by atoms with Crippen molar-refractivity contribution in [3.8, 4) is 0 Å². The quantitative estimate of drug-likeness (QED) is 0.307. The summed E-state index contributed by atoms with van der Waals surface area (Å²) in [6.07, 6.45) is 0.278. The van der Waals surface area contributed by atoms with Crippen LogP contribution in [0.2, 0.25) is 0 Å². The van der Waals surface area contributed by atoms with Crippen molar-refractivity contribution in [1.82, 2.24) is 5.32 Å². The van der Waals surface area contributed by atoms with E-state index in [0.29, 0.717) is 6.54 Å². The smallest absolute Gasteiger partial charge is 0.218 e.